The largest absolute Gasteiger partial charge is 0.251 e. The minimum absolute atomic E-state index is 0.0358. The van der Waals surface area contributed by atoms with Crippen molar-refractivity contribution in [3.05, 3.63) is 22.4 Å². The summed E-state index contributed by atoms with van der Waals surface area (Å²) in [6.07, 6.45) is 0. The zero-order chi connectivity index (χ0) is 8.43. The molecule has 1 aromatic heterocycles. The first kappa shape index (κ1) is 8.77. The second-order valence-electron chi connectivity index (χ2n) is 1.74. The molecule has 0 amide bonds. The Bertz CT molecular complexity index is 342. The number of nitrogens with zero attached hydrogens (tertiary/aromatic N) is 1. The van der Waals surface area contributed by atoms with Crippen LogP contribution in [0.2, 0.25) is 10.3 Å². The number of hydrogen-bond acceptors (Lipinski definition) is 3. The summed E-state index contributed by atoms with van der Waals surface area (Å²) in [7, 11) is -2.18. The number of pyridine rings is 1. The van der Waals surface area contributed by atoms with Gasteiger partial charge in [0.05, 0.1) is 15.5 Å². The molecule has 6 heteroatoms. The van der Waals surface area contributed by atoms with E-state index in [9.17, 15) is 4.21 Å². The third-order valence-electron chi connectivity index (χ3n) is 1.01. The fraction of sp³-hybridized carbons (Fsp3) is 0. The summed E-state index contributed by atoms with van der Waals surface area (Å²) in [6.45, 7) is 0. The van der Waals surface area contributed by atoms with Gasteiger partial charge in [0, 0.05) is 0 Å². The maximum atomic E-state index is 10.6. The summed E-state index contributed by atoms with van der Waals surface area (Å²) in [4.78, 5) is 3.84. The van der Waals surface area contributed by atoms with Gasteiger partial charge in [-0.3, -0.25) is 4.78 Å². The van der Waals surface area contributed by atoms with E-state index in [4.69, 9.17) is 28.0 Å². The van der Waals surface area contributed by atoms with Crippen LogP contribution in [0.15, 0.2) is 17.0 Å². The standard InChI is InChI=1S/C5H4Cl2N2OS/c6-4-2-1-3(11(8)10)5(7)9-4/h1-2,8,11H. The van der Waals surface area contributed by atoms with Gasteiger partial charge in [-0.2, -0.15) is 0 Å². The van der Waals surface area contributed by atoms with Gasteiger partial charge < -0.3 is 0 Å². The molecule has 0 aliphatic heterocycles. The molecule has 0 radical (unpaired) electrons. The smallest absolute Gasteiger partial charge is 0.147 e. The molecule has 0 bridgehead atoms. The molecule has 0 spiro atoms. The van der Waals surface area contributed by atoms with Crippen molar-refractivity contribution in [2.24, 2.45) is 0 Å². The van der Waals surface area contributed by atoms with Gasteiger partial charge in [0.2, 0.25) is 0 Å². The van der Waals surface area contributed by atoms with Gasteiger partial charge in [-0.1, -0.05) is 23.2 Å². The van der Waals surface area contributed by atoms with Crippen molar-refractivity contribution in [3.63, 3.8) is 0 Å². The number of nitrogens with one attached hydrogen (secondary N) is 1. The van der Waals surface area contributed by atoms with E-state index in [1.165, 1.54) is 12.1 Å². The molecule has 0 aromatic carbocycles. The highest BCUT2D eigenvalue weighted by Crippen LogP contribution is 2.17. The fourth-order valence-corrected chi connectivity index (χ4v) is 1.56. The third-order valence-corrected chi connectivity index (χ3v) is 2.44. The number of rotatable bonds is 1. The molecule has 0 saturated heterocycles. The number of aromatic nitrogens is 1. The molecule has 1 rings (SSSR count). The predicted octanol–water partition coefficient (Wildman–Crippen LogP) is 1.99. The summed E-state index contributed by atoms with van der Waals surface area (Å²) in [5, 5.41) is 0.268. The Morgan fingerprint density at radius 2 is 2.09 bits per heavy atom. The highest BCUT2D eigenvalue weighted by Gasteiger charge is 2.01. The highest BCUT2D eigenvalue weighted by molar-refractivity contribution is 7.73. The van der Waals surface area contributed by atoms with Crippen LogP contribution in [0.4, 0.5) is 0 Å². The Morgan fingerprint density at radius 3 is 2.55 bits per heavy atom. The summed E-state index contributed by atoms with van der Waals surface area (Å²) in [5.74, 6) is 0. The van der Waals surface area contributed by atoms with E-state index < -0.39 is 10.6 Å². The molecule has 1 aromatic rings. The lowest BCUT2D eigenvalue weighted by Gasteiger charge is -1.95. The predicted molar refractivity (Wildman–Crippen MR) is 44.8 cm³/mol. The lowest BCUT2D eigenvalue weighted by Crippen LogP contribution is -1.84. The van der Waals surface area contributed by atoms with Crippen molar-refractivity contribution < 1.29 is 4.21 Å². The van der Waals surface area contributed by atoms with Gasteiger partial charge in [0.25, 0.3) is 0 Å². The molecule has 0 fully saturated rings. The molecule has 0 aliphatic carbocycles. The van der Waals surface area contributed by atoms with Crippen LogP contribution in [-0.4, -0.2) is 9.19 Å². The number of halogens is 2. The second-order valence-corrected chi connectivity index (χ2v) is 3.55. The Kier molecular flexibility index (Phi) is 2.70. The minimum atomic E-state index is -2.18. The second kappa shape index (κ2) is 3.38. The topological polar surface area (TPSA) is 53.8 Å². The van der Waals surface area contributed by atoms with Crippen LogP contribution in [0.25, 0.3) is 0 Å². The molecule has 1 atom stereocenters. The van der Waals surface area contributed by atoms with Crippen LogP contribution in [0.1, 0.15) is 0 Å². The summed E-state index contributed by atoms with van der Waals surface area (Å²) in [5.41, 5.74) is 0. The maximum Gasteiger partial charge on any atom is 0.147 e. The van der Waals surface area contributed by atoms with Gasteiger partial charge in [-0.25, -0.2) is 9.19 Å². The van der Waals surface area contributed by atoms with Crippen molar-refractivity contribution in [1.29, 1.82) is 4.78 Å². The Hall–Kier alpha value is -0.320. The average Bonchev–Trinajstić information content (AvgIpc) is 1.85. The van der Waals surface area contributed by atoms with E-state index in [1.807, 2.05) is 0 Å². The number of hydrogen-bond donors (Lipinski definition) is 2. The third kappa shape index (κ3) is 2.05. The van der Waals surface area contributed by atoms with E-state index in [0.717, 1.165) is 0 Å². The van der Waals surface area contributed by atoms with Gasteiger partial charge in [0.1, 0.15) is 10.3 Å². The van der Waals surface area contributed by atoms with Crippen LogP contribution in [-0.2, 0) is 10.6 Å². The summed E-state index contributed by atoms with van der Waals surface area (Å²) >= 11 is 11.0. The maximum absolute atomic E-state index is 10.6. The van der Waals surface area contributed by atoms with Gasteiger partial charge in [-0.05, 0) is 12.1 Å². The van der Waals surface area contributed by atoms with Crippen LogP contribution in [0.3, 0.4) is 0 Å². The van der Waals surface area contributed by atoms with Crippen molar-refractivity contribution in [3.8, 4) is 0 Å². The SMILES string of the molecule is N=[SH](=O)c1ccc(Cl)nc1Cl. The first-order valence-electron chi connectivity index (χ1n) is 2.62. The Balaban J connectivity index is 3.31. The van der Waals surface area contributed by atoms with E-state index >= 15 is 0 Å². The van der Waals surface area contributed by atoms with E-state index in [0.29, 0.717) is 0 Å². The van der Waals surface area contributed by atoms with E-state index in [2.05, 4.69) is 4.98 Å². The Labute approximate surface area is 75.4 Å². The van der Waals surface area contributed by atoms with Crippen molar-refractivity contribution >= 4 is 33.8 Å². The van der Waals surface area contributed by atoms with Gasteiger partial charge >= 0.3 is 0 Å². The summed E-state index contributed by atoms with van der Waals surface area (Å²) < 4.78 is 17.5. The molecule has 11 heavy (non-hydrogen) atoms. The molecule has 1 heterocycles. The van der Waals surface area contributed by atoms with Gasteiger partial charge in [-0.15, -0.1) is 0 Å². The normalized spacial score (nSPS) is 12.9. The Morgan fingerprint density at radius 1 is 1.45 bits per heavy atom. The fourth-order valence-electron chi connectivity index (χ4n) is 0.556. The van der Waals surface area contributed by atoms with E-state index in [-0.39, 0.29) is 15.2 Å². The van der Waals surface area contributed by atoms with Crippen LogP contribution in [0, 0.1) is 4.78 Å². The first-order valence-corrected chi connectivity index (χ1v) is 4.63. The van der Waals surface area contributed by atoms with Gasteiger partial charge in [0.15, 0.2) is 0 Å². The van der Waals surface area contributed by atoms with Crippen molar-refractivity contribution in [2.45, 2.75) is 4.90 Å². The molecular weight excluding hydrogens is 207 g/mol. The van der Waals surface area contributed by atoms with Crippen molar-refractivity contribution in [2.75, 3.05) is 0 Å². The highest BCUT2D eigenvalue weighted by atomic mass is 35.5. The van der Waals surface area contributed by atoms with Crippen LogP contribution >= 0.6 is 23.2 Å². The molecule has 1 unspecified atom stereocenters. The lowest BCUT2D eigenvalue weighted by molar-refractivity contribution is 0.687. The number of thiol groups is 1. The van der Waals surface area contributed by atoms with Crippen molar-refractivity contribution in [1.82, 2.24) is 4.98 Å². The molecular formula is C5H4Cl2N2OS. The zero-order valence-electron chi connectivity index (χ0n) is 5.21. The molecule has 1 N–H and O–H groups in total. The molecule has 60 valence electrons. The van der Waals surface area contributed by atoms with Crippen LogP contribution in [0.5, 0.6) is 0 Å². The molecule has 0 saturated carbocycles. The zero-order valence-corrected chi connectivity index (χ0v) is 7.62. The first-order chi connectivity index (χ1) is 5.11. The quantitative estimate of drug-likeness (QED) is 0.551. The molecule has 0 aliphatic rings. The lowest BCUT2D eigenvalue weighted by atomic mass is 10.5. The summed E-state index contributed by atoms with van der Waals surface area (Å²) in [6, 6.07) is 2.88. The minimum Gasteiger partial charge on any atom is -0.251 e. The van der Waals surface area contributed by atoms with Crippen LogP contribution < -0.4 is 0 Å². The molecule has 3 nitrogen and oxygen atoms in total. The monoisotopic (exact) mass is 210 g/mol. The van der Waals surface area contributed by atoms with E-state index in [1.54, 1.807) is 0 Å². The average molecular weight is 211 g/mol.